The molecule has 0 spiro atoms. The minimum atomic E-state index is -0.306. The quantitative estimate of drug-likeness (QED) is 0.523. The number of fused-ring (bicyclic) bond motifs is 2. The van der Waals surface area contributed by atoms with Gasteiger partial charge in [0.1, 0.15) is 5.69 Å². The zero-order chi connectivity index (χ0) is 11.1. The van der Waals surface area contributed by atoms with Crippen molar-refractivity contribution in [3.05, 3.63) is 41.0 Å². The minimum Gasteiger partial charge on any atom is -0.618 e. The first-order valence-corrected chi connectivity index (χ1v) is 5.58. The molecule has 0 saturated carbocycles. The Balaban J connectivity index is 2.05. The highest BCUT2D eigenvalue weighted by molar-refractivity contribution is 5.74. The summed E-state index contributed by atoms with van der Waals surface area (Å²) in [5, 5.41) is 21.6. The standard InChI is InChI=1S/C12H14N2O2/c15-11-3-4-12-9(6-11)7-13-5-1-2-10(13)8-14(12)16/h1-2,4-5,8-9,11,15H,3,6-7H2/t9-,11+/m0/s1. The van der Waals surface area contributed by atoms with Crippen LogP contribution < -0.4 is 0 Å². The molecule has 2 aliphatic rings. The van der Waals surface area contributed by atoms with E-state index in [2.05, 4.69) is 4.57 Å². The first-order chi connectivity index (χ1) is 7.74. The van der Waals surface area contributed by atoms with Gasteiger partial charge < -0.3 is 14.9 Å². The molecule has 0 bridgehead atoms. The number of aliphatic hydroxyl groups is 1. The van der Waals surface area contributed by atoms with Gasteiger partial charge in [-0.25, -0.2) is 0 Å². The van der Waals surface area contributed by atoms with Crippen molar-refractivity contribution in [1.29, 1.82) is 0 Å². The van der Waals surface area contributed by atoms with E-state index in [4.69, 9.17) is 0 Å². The van der Waals surface area contributed by atoms with Crippen molar-refractivity contribution in [1.82, 2.24) is 4.57 Å². The molecule has 1 N–H and O–H groups in total. The molecule has 0 fully saturated rings. The monoisotopic (exact) mass is 218 g/mol. The average Bonchev–Trinajstić information content (AvgIpc) is 2.61. The van der Waals surface area contributed by atoms with Crippen LogP contribution in [-0.4, -0.2) is 26.7 Å². The van der Waals surface area contributed by atoms with E-state index in [-0.39, 0.29) is 12.0 Å². The topological polar surface area (TPSA) is 51.2 Å². The van der Waals surface area contributed by atoms with Crippen molar-refractivity contribution < 1.29 is 9.85 Å². The summed E-state index contributed by atoms with van der Waals surface area (Å²) in [4.78, 5) is 0. The van der Waals surface area contributed by atoms with Gasteiger partial charge in [-0.3, -0.25) is 0 Å². The first-order valence-electron chi connectivity index (χ1n) is 5.58. The second-order valence-electron chi connectivity index (χ2n) is 4.49. The van der Waals surface area contributed by atoms with Crippen LogP contribution in [0.2, 0.25) is 0 Å². The van der Waals surface area contributed by atoms with E-state index in [1.165, 1.54) is 0 Å². The molecule has 4 heteroatoms. The second-order valence-corrected chi connectivity index (χ2v) is 4.49. The lowest BCUT2D eigenvalue weighted by molar-refractivity contribution is -0.406. The van der Waals surface area contributed by atoms with Crippen LogP contribution in [-0.2, 0) is 6.54 Å². The molecule has 3 rings (SSSR count). The van der Waals surface area contributed by atoms with E-state index in [1.54, 1.807) is 6.21 Å². The van der Waals surface area contributed by atoms with Crippen molar-refractivity contribution in [3.63, 3.8) is 0 Å². The SMILES string of the molecule is [O-][N+]1=Cc2cccn2C[C@@H]2C[C@H](O)CC=C21. The lowest BCUT2D eigenvalue weighted by Crippen LogP contribution is -2.25. The summed E-state index contributed by atoms with van der Waals surface area (Å²) in [7, 11) is 0. The number of nitrogens with zero attached hydrogens (tertiary/aromatic N) is 2. The molecular weight excluding hydrogens is 204 g/mol. The van der Waals surface area contributed by atoms with Crippen molar-refractivity contribution in [2.24, 2.45) is 5.92 Å². The Hall–Kier alpha value is -1.55. The molecule has 4 nitrogen and oxygen atoms in total. The molecule has 0 saturated heterocycles. The molecule has 16 heavy (non-hydrogen) atoms. The maximum atomic E-state index is 11.9. The Kier molecular flexibility index (Phi) is 2.11. The summed E-state index contributed by atoms with van der Waals surface area (Å²) in [6.45, 7) is 0.778. The normalized spacial score (nSPS) is 28.6. The summed E-state index contributed by atoms with van der Waals surface area (Å²) in [6.07, 6.45) is 6.42. The van der Waals surface area contributed by atoms with Gasteiger partial charge in [-0.05, 0) is 31.1 Å². The predicted molar refractivity (Wildman–Crippen MR) is 60.0 cm³/mol. The second kappa shape index (κ2) is 3.49. The highest BCUT2D eigenvalue weighted by Gasteiger charge is 2.31. The van der Waals surface area contributed by atoms with E-state index in [0.717, 1.165) is 22.7 Å². The van der Waals surface area contributed by atoms with Crippen molar-refractivity contribution in [3.8, 4) is 0 Å². The number of allylic oxidation sites excluding steroid dienone is 1. The summed E-state index contributed by atoms with van der Waals surface area (Å²) in [6, 6.07) is 3.87. The highest BCUT2D eigenvalue weighted by Crippen LogP contribution is 2.29. The van der Waals surface area contributed by atoms with Crippen molar-refractivity contribution in [2.75, 3.05) is 0 Å². The van der Waals surface area contributed by atoms with Gasteiger partial charge in [-0.2, -0.15) is 4.74 Å². The summed E-state index contributed by atoms with van der Waals surface area (Å²) in [5.74, 6) is 0.131. The van der Waals surface area contributed by atoms with Gasteiger partial charge >= 0.3 is 0 Å². The van der Waals surface area contributed by atoms with Crippen LogP contribution in [0.1, 0.15) is 18.5 Å². The number of hydrogen-bond acceptors (Lipinski definition) is 2. The molecule has 2 heterocycles. The summed E-state index contributed by atoms with van der Waals surface area (Å²) in [5.41, 5.74) is 1.73. The minimum absolute atomic E-state index is 0.131. The number of aromatic nitrogens is 1. The Morgan fingerprint density at radius 3 is 3.25 bits per heavy atom. The third kappa shape index (κ3) is 1.46. The van der Waals surface area contributed by atoms with Gasteiger partial charge in [0.05, 0.1) is 12.0 Å². The van der Waals surface area contributed by atoms with E-state index >= 15 is 0 Å². The molecule has 1 aliphatic carbocycles. The molecular formula is C12H14N2O2. The number of hydrogen-bond donors (Lipinski definition) is 1. The van der Waals surface area contributed by atoms with Gasteiger partial charge in [-0.15, -0.1) is 0 Å². The zero-order valence-electron chi connectivity index (χ0n) is 8.91. The van der Waals surface area contributed by atoms with Crippen LogP contribution in [0.5, 0.6) is 0 Å². The predicted octanol–water partition coefficient (Wildman–Crippen LogP) is 1.09. The maximum Gasteiger partial charge on any atom is 0.204 e. The average molecular weight is 218 g/mol. The van der Waals surface area contributed by atoms with Gasteiger partial charge in [0.25, 0.3) is 0 Å². The molecule has 0 unspecified atom stereocenters. The number of hydroxylamine groups is 1. The van der Waals surface area contributed by atoms with Gasteiger partial charge in [-0.1, -0.05) is 0 Å². The Bertz CT molecular complexity index is 473. The van der Waals surface area contributed by atoms with Crippen LogP contribution in [0, 0.1) is 11.1 Å². The molecule has 1 aliphatic heterocycles. The fraction of sp³-hybridized carbons (Fsp3) is 0.417. The van der Waals surface area contributed by atoms with Crippen molar-refractivity contribution in [2.45, 2.75) is 25.5 Å². The maximum absolute atomic E-state index is 11.9. The van der Waals surface area contributed by atoms with Crippen LogP contribution in [0.3, 0.4) is 0 Å². The fourth-order valence-corrected chi connectivity index (χ4v) is 2.55. The molecule has 0 amide bonds. The Labute approximate surface area is 93.7 Å². The molecule has 84 valence electrons. The van der Waals surface area contributed by atoms with Crippen molar-refractivity contribution >= 4 is 6.21 Å². The van der Waals surface area contributed by atoms with Crippen LogP contribution >= 0.6 is 0 Å². The summed E-state index contributed by atoms with van der Waals surface area (Å²) < 4.78 is 3.02. The molecule has 1 aromatic rings. The third-order valence-corrected chi connectivity index (χ3v) is 3.36. The lowest BCUT2D eigenvalue weighted by Gasteiger charge is -2.23. The van der Waals surface area contributed by atoms with Crippen LogP contribution in [0.15, 0.2) is 30.1 Å². The van der Waals surface area contributed by atoms with Crippen LogP contribution in [0.4, 0.5) is 0 Å². The van der Waals surface area contributed by atoms with Gasteiger partial charge in [0.2, 0.25) is 6.21 Å². The van der Waals surface area contributed by atoms with E-state index in [9.17, 15) is 10.3 Å². The number of rotatable bonds is 0. The molecule has 0 radical (unpaired) electrons. The smallest absolute Gasteiger partial charge is 0.204 e. The Morgan fingerprint density at radius 1 is 1.50 bits per heavy atom. The molecule has 2 atom stereocenters. The first kappa shape index (κ1) is 9.66. The van der Waals surface area contributed by atoms with E-state index in [0.29, 0.717) is 12.8 Å². The molecule has 0 aromatic carbocycles. The van der Waals surface area contributed by atoms with E-state index < -0.39 is 0 Å². The lowest BCUT2D eigenvalue weighted by atomic mass is 9.90. The van der Waals surface area contributed by atoms with Gasteiger partial charge in [0.15, 0.2) is 5.70 Å². The summed E-state index contributed by atoms with van der Waals surface area (Å²) >= 11 is 0. The third-order valence-electron chi connectivity index (χ3n) is 3.36. The largest absolute Gasteiger partial charge is 0.618 e. The van der Waals surface area contributed by atoms with Gasteiger partial charge in [0, 0.05) is 12.7 Å². The van der Waals surface area contributed by atoms with Crippen LogP contribution in [0.25, 0.3) is 0 Å². The molecule has 1 aromatic heterocycles. The van der Waals surface area contributed by atoms with E-state index in [1.807, 2.05) is 24.4 Å². The number of aliphatic hydroxyl groups excluding tert-OH is 1. The Morgan fingerprint density at radius 2 is 2.38 bits per heavy atom. The fourth-order valence-electron chi connectivity index (χ4n) is 2.55. The highest BCUT2D eigenvalue weighted by atomic mass is 16.5. The zero-order valence-corrected chi connectivity index (χ0v) is 8.91.